The minimum atomic E-state index is -2.86. The van der Waals surface area contributed by atoms with Gasteiger partial charge in [-0.1, -0.05) is 58.9 Å². The van der Waals surface area contributed by atoms with Crippen LogP contribution in [-0.4, -0.2) is 67.6 Å². The van der Waals surface area contributed by atoms with Gasteiger partial charge in [0.15, 0.2) is 9.84 Å². The molecule has 0 spiro atoms. The smallest absolute Gasteiger partial charge is 0.306 e. The van der Waals surface area contributed by atoms with E-state index < -0.39 is 15.8 Å². The number of nitrogens with zero attached hydrogens (tertiary/aromatic N) is 1. The van der Waals surface area contributed by atoms with Crippen molar-refractivity contribution in [1.82, 2.24) is 10.2 Å². The van der Waals surface area contributed by atoms with E-state index in [0.29, 0.717) is 71.4 Å². The summed E-state index contributed by atoms with van der Waals surface area (Å²) in [5.41, 5.74) is 5.46. The Balaban J connectivity index is 1.13. The Hall–Kier alpha value is -1.44. The molecule has 5 fully saturated rings. The highest BCUT2D eigenvalue weighted by molar-refractivity contribution is 7.91. The summed E-state index contributed by atoms with van der Waals surface area (Å²) in [5.74, 6) is 2.97. The van der Waals surface area contributed by atoms with Crippen LogP contribution in [0.2, 0.25) is 0 Å². The number of rotatable bonds is 7. The highest BCUT2D eigenvalue weighted by Gasteiger charge is 2.70. The lowest BCUT2D eigenvalue weighted by Crippen LogP contribution is -2.68. The van der Waals surface area contributed by atoms with Crippen LogP contribution < -0.4 is 5.32 Å². The van der Waals surface area contributed by atoms with Crippen LogP contribution in [0.25, 0.3) is 0 Å². The summed E-state index contributed by atoms with van der Waals surface area (Å²) in [7, 11) is -2.86. The summed E-state index contributed by atoms with van der Waals surface area (Å²) in [6, 6.07) is 0. The average molecular weight is 695 g/mol. The van der Waals surface area contributed by atoms with Gasteiger partial charge in [0.2, 0.25) is 0 Å². The lowest BCUT2D eigenvalue weighted by molar-refractivity contribution is -0.221. The minimum Gasteiger partial charge on any atom is -0.481 e. The predicted octanol–water partition coefficient (Wildman–Crippen LogP) is 8.06. The number of fused-ring (bicyclic) bond motifs is 7. The van der Waals surface area contributed by atoms with Crippen molar-refractivity contribution in [1.29, 1.82) is 0 Å². The zero-order chi connectivity index (χ0) is 35.2. The van der Waals surface area contributed by atoms with Crippen molar-refractivity contribution in [3.05, 3.63) is 35.5 Å². The Bertz CT molecular complexity index is 1520. The van der Waals surface area contributed by atoms with Gasteiger partial charge in [0.05, 0.1) is 17.4 Å². The molecule has 0 radical (unpaired) electrons. The molecule has 0 aromatic carbocycles. The van der Waals surface area contributed by atoms with Crippen LogP contribution in [0.3, 0.4) is 0 Å². The number of carboxylic acids is 1. The summed E-state index contributed by atoms with van der Waals surface area (Å²) < 4.78 is 24.0. The maximum atomic E-state index is 12.0. The van der Waals surface area contributed by atoms with Crippen LogP contribution in [0.5, 0.6) is 0 Å². The summed E-state index contributed by atoms with van der Waals surface area (Å²) in [4.78, 5) is 14.0. The maximum absolute atomic E-state index is 12.0. The molecule has 7 rings (SSSR count). The Labute approximate surface area is 297 Å². The monoisotopic (exact) mass is 694 g/mol. The second-order valence-electron chi connectivity index (χ2n) is 19.3. The van der Waals surface area contributed by atoms with Gasteiger partial charge >= 0.3 is 5.97 Å². The molecule has 49 heavy (non-hydrogen) atoms. The number of hydrogen-bond donors (Lipinski definition) is 2. The van der Waals surface area contributed by atoms with E-state index in [2.05, 4.69) is 70.5 Å². The van der Waals surface area contributed by atoms with Gasteiger partial charge in [-0.3, -0.25) is 4.79 Å². The molecule has 0 bridgehead atoms. The summed E-state index contributed by atoms with van der Waals surface area (Å²) in [6.07, 6.45) is 18.6. The van der Waals surface area contributed by atoms with E-state index in [-0.39, 0.29) is 22.3 Å². The predicted molar refractivity (Wildman–Crippen MR) is 199 cm³/mol. The summed E-state index contributed by atoms with van der Waals surface area (Å²) in [6.45, 7) is 23.2. The van der Waals surface area contributed by atoms with Crippen LogP contribution in [0.1, 0.15) is 119 Å². The van der Waals surface area contributed by atoms with E-state index in [1.807, 2.05) is 0 Å². The fourth-order valence-corrected chi connectivity index (χ4v) is 15.6. The van der Waals surface area contributed by atoms with Crippen molar-refractivity contribution in [3.8, 4) is 0 Å². The first kappa shape index (κ1) is 35.9. The number of sulfone groups is 1. The molecule has 0 amide bonds. The van der Waals surface area contributed by atoms with Crippen LogP contribution in [0.4, 0.5) is 0 Å². The number of carboxylic acid groups (broad SMARTS) is 1. The van der Waals surface area contributed by atoms with Gasteiger partial charge in [0, 0.05) is 31.7 Å². The van der Waals surface area contributed by atoms with E-state index in [0.717, 1.165) is 32.4 Å². The number of carbonyl (C=O) groups is 1. The van der Waals surface area contributed by atoms with Gasteiger partial charge in [-0.2, -0.15) is 0 Å². The lowest BCUT2D eigenvalue weighted by Gasteiger charge is -2.72. The molecule has 6 aliphatic carbocycles. The fourth-order valence-electron chi connectivity index (χ4n) is 14.3. The van der Waals surface area contributed by atoms with Crippen molar-refractivity contribution in [3.63, 3.8) is 0 Å². The highest BCUT2D eigenvalue weighted by Crippen LogP contribution is 2.76. The molecule has 6 nitrogen and oxygen atoms in total. The lowest BCUT2D eigenvalue weighted by atomic mass is 9.33. The van der Waals surface area contributed by atoms with Crippen molar-refractivity contribution < 1.29 is 18.3 Å². The molecular weight excluding hydrogens is 629 g/mol. The first-order chi connectivity index (χ1) is 23.0. The summed E-state index contributed by atoms with van der Waals surface area (Å²) >= 11 is 0. The number of aliphatic carboxylic acids is 1. The third-order valence-corrected chi connectivity index (χ3v) is 18.7. The van der Waals surface area contributed by atoms with Gasteiger partial charge in [-0.25, -0.2) is 8.42 Å². The molecule has 1 heterocycles. The van der Waals surface area contributed by atoms with Gasteiger partial charge < -0.3 is 15.3 Å². The van der Waals surface area contributed by atoms with Crippen molar-refractivity contribution >= 4 is 15.8 Å². The molecule has 10 atom stereocenters. The Morgan fingerprint density at radius 1 is 0.939 bits per heavy atom. The van der Waals surface area contributed by atoms with Crippen molar-refractivity contribution in [2.45, 2.75) is 124 Å². The first-order valence-electron chi connectivity index (χ1n) is 19.9. The van der Waals surface area contributed by atoms with Crippen LogP contribution in [-0.2, 0) is 14.6 Å². The van der Waals surface area contributed by atoms with Crippen molar-refractivity contribution in [2.75, 3.05) is 37.7 Å². The van der Waals surface area contributed by atoms with Crippen LogP contribution in [0, 0.1) is 57.2 Å². The number of allylic oxidation sites excluding steroid dienone is 5. The first-order valence-corrected chi connectivity index (χ1v) is 21.8. The van der Waals surface area contributed by atoms with E-state index in [1.54, 1.807) is 0 Å². The maximum Gasteiger partial charge on any atom is 0.306 e. The largest absolute Gasteiger partial charge is 0.481 e. The molecule has 7 aliphatic rings. The van der Waals surface area contributed by atoms with Gasteiger partial charge in [0.1, 0.15) is 0 Å². The quantitative estimate of drug-likeness (QED) is 0.262. The third-order valence-electron chi connectivity index (χ3n) is 17.1. The topological polar surface area (TPSA) is 86.7 Å². The molecular formula is C42H66N2O4S. The average Bonchev–Trinajstić information content (AvgIpc) is 3.42. The third kappa shape index (κ3) is 5.59. The second kappa shape index (κ2) is 12.3. The van der Waals surface area contributed by atoms with E-state index in [1.165, 1.54) is 68.1 Å². The number of nitrogens with one attached hydrogen (secondary N) is 1. The fraction of sp³-hybridized carbons (Fsp3) is 0.833. The second-order valence-corrected chi connectivity index (χ2v) is 21.6. The molecule has 10 unspecified atom stereocenters. The van der Waals surface area contributed by atoms with E-state index >= 15 is 0 Å². The molecule has 2 N–H and O–H groups in total. The van der Waals surface area contributed by atoms with Crippen LogP contribution >= 0.6 is 0 Å². The van der Waals surface area contributed by atoms with E-state index in [9.17, 15) is 18.3 Å². The number of hydrogen-bond acceptors (Lipinski definition) is 5. The molecule has 1 aliphatic heterocycles. The van der Waals surface area contributed by atoms with Gasteiger partial charge in [-0.15, -0.1) is 0 Å². The SMILES string of the molecule is C=C(C)C1CCC2(NCCN3CCS(=O)(=O)CC3)CCC3(C)C(CCC4C5(C)CC=C(C6=CCC(C(=O)O)CC6)C(C)(C)C5CCC43C)C12. The Morgan fingerprint density at radius 3 is 2.33 bits per heavy atom. The van der Waals surface area contributed by atoms with Crippen LogP contribution in [0.15, 0.2) is 35.5 Å². The zero-order valence-corrected chi connectivity index (χ0v) is 32.4. The van der Waals surface area contributed by atoms with Crippen molar-refractivity contribution in [2.24, 2.45) is 57.2 Å². The molecule has 0 aromatic rings. The summed E-state index contributed by atoms with van der Waals surface area (Å²) in [5, 5.41) is 13.8. The Kier molecular flexibility index (Phi) is 9.04. The minimum absolute atomic E-state index is 0.0919. The molecule has 274 valence electrons. The van der Waals surface area contributed by atoms with Gasteiger partial charge in [0.25, 0.3) is 0 Å². The molecule has 1 saturated heterocycles. The molecule has 0 aromatic heterocycles. The molecule has 7 heteroatoms. The molecule has 4 saturated carbocycles. The standard InChI is InChI=1S/C42H66N2O4S/c1-28(2)31-14-19-42(43-22-23-44-24-26-49(47,48)27-25-44)21-20-40(6)33(36(31)42)12-13-35-39(5)17-15-32(29-8-10-30(11-9-29)37(45)46)38(3,4)34(39)16-18-41(35,40)7/h8,15,30-31,33-36,43H,1,9-14,16-27H2,2-7H3,(H,45,46). The highest BCUT2D eigenvalue weighted by atomic mass is 32.2. The Morgan fingerprint density at radius 2 is 1.67 bits per heavy atom. The van der Waals surface area contributed by atoms with Gasteiger partial charge in [-0.05, 0) is 146 Å². The van der Waals surface area contributed by atoms with E-state index in [4.69, 9.17) is 0 Å². The zero-order valence-electron chi connectivity index (χ0n) is 31.6. The normalized spacial score (nSPS) is 45.9.